The molecule has 0 unspecified atom stereocenters. The Kier molecular flexibility index (Phi) is 2.58. The summed E-state index contributed by atoms with van der Waals surface area (Å²) in [5.74, 6) is 1.34. The van der Waals surface area contributed by atoms with E-state index in [4.69, 9.17) is 20.9 Å². The Labute approximate surface area is 138 Å². The predicted octanol–water partition coefficient (Wildman–Crippen LogP) is 4.08. The van der Waals surface area contributed by atoms with Gasteiger partial charge in [-0.3, -0.25) is 0 Å². The molecule has 0 spiro atoms. The second-order valence-corrected chi connectivity index (χ2v) is 7.46. The Balaban J connectivity index is 1.51. The molecule has 118 valence electrons. The standard InChI is InChI=1S/C17H16ClN3O2/c1-16-8-17(9-16,4-5-22-16)15-20-14(21-23-15)13-7-10-6-11(18)2-3-12(10)19-13/h2-3,6-7,19H,4-5,8-9H2,1H3. The molecule has 0 atom stereocenters. The third kappa shape index (κ3) is 1.96. The maximum Gasteiger partial charge on any atom is 0.233 e. The highest BCUT2D eigenvalue weighted by Gasteiger charge is 2.59. The number of halogens is 1. The summed E-state index contributed by atoms with van der Waals surface area (Å²) in [5, 5.41) is 5.94. The van der Waals surface area contributed by atoms with Gasteiger partial charge in [0.1, 0.15) is 0 Å². The molecule has 3 fully saturated rings. The van der Waals surface area contributed by atoms with Crippen LogP contribution in [0.5, 0.6) is 0 Å². The Hall–Kier alpha value is -1.85. The smallest absolute Gasteiger partial charge is 0.233 e. The van der Waals surface area contributed by atoms with Crippen molar-refractivity contribution in [3.8, 4) is 11.5 Å². The van der Waals surface area contributed by atoms with E-state index in [2.05, 4.69) is 22.0 Å². The van der Waals surface area contributed by atoms with Gasteiger partial charge in [-0.25, -0.2) is 0 Å². The molecule has 2 saturated heterocycles. The summed E-state index contributed by atoms with van der Waals surface area (Å²) in [7, 11) is 0. The lowest BCUT2D eigenvalue weighted by atomic mass is 9.56. The SMILES string of the molecule is CC12CC(c3nc(-c4cc5cc(Cl)ccc5[nH]4)no3)(CCO1)C2. The molecule has 1 aliphatic carbocycles. The van der Waals surface area contributed by atoms with Crippen LogP contribution in [0.4, 0.5) is 0 Å². The molecule has 23 heavy (non-hydrogen) atoms. The van der Waals surface area contributed by atoms with Gasteiger partial charge in [0.25, 0.3) is 0 Å². The summed E-state index contributed by atoms with van der Waals surface area (Å²) in [5.41, 5.74) is 1.86. The summed E-state index contributed by atoms with van der Waals surface area (Å²) < 4.78 is 11.4. The summed E-state index contributed by atoms with van der Waals surface area (Å²) >= 11 is 6.04. The van der Waals surface area contributed by atoms with Gasteiger partial charge >= 0.3 is 0 Å². The first-order chi connectivity index (χ1) is 11.1. The number of nitrogens with zero attached hydrogens (tertiary/aromatic N) is 2. The van der Waals surface area contributed by atoms with Gasteiger partial charge in [-0.2, -0.15) is 4.98 Å². The van der Waals surface area contributed by atoms with E-state index >= 15 is 0 Å². The molecule has 1 aromatic carbocycles. The first kappa shape index (κ1) is 13.6. The molecule has 4 heterocycles. The lowest BCUT2D eigenvalue weighted by Gasteiger charge is -2.56. The first-order valence-electron chi connectivity index (χ1n) is 7.82. The summed E-state index contributed by atoms with van der Waals surface area (Å²) in [4.78, 5) is 7.98. The summed E-state index contributed by atoms with van der Waals surface area (Å²) in [6, 6.07) is 7.74. The molecule has 1 N–H and O–H groups in total. The van der Waals surface area contributed by atoms with Crippen molar-refractivity contribution in [1.29, 1.82) is 0 Å². The number of fused-ring (bicyclic) bond motifs is 3. The van der Waals surface area contributed by atoms with E-state index in [0.29, 0.717) is 10.8 Å². The summed E-state index contributed by atoms with van der Waals surface area (Å²) in [6.07, 6.45) is 2.88. The van der Waals surface area contributed by atoms with Crippen molar-refractivity contribution in [2.45, 2.75) is 37.2 Å². The van der Waals surface area contributed by atoms with E-state index in [-0.39, 0.29) is 11.0 Å². The molecule has 0 radical (unpaired) electrons. The Morgan fingerprint density at radius 1 is 1.26 bits per heavy atom. The van der Waals surface area contributed by atoms with Crippen LogP contribution in [0, 0.1) is 0 Å². The normalized spacial score (nSPS) is 29.7. The van der Waals surface area contributed by atoms with Crippen LogP contribution >= 0.6 is 11.6 Å². The van der Waals surface area contributed by atoms with Crippen LogP contribution in [0.3, 0.4) is 0 Å². The third-order valence-corrected chi connectivity index (χ3v) is 5.39. The minimum atomic E-state index is -0.00918. The van der Waals surface area contributed by atoms with E-state index < -0.39 is 0 Å². The number of rotatable bonds is 2. The van der Waals surface area contributed by atoms with Crippen molar-refractivity contribution in [3.05, 3.63) is 35.2 Å². The Morgan fingerprint density at radius 3 is 2.96 bits per heavy atom. The fraction of sp³-hybridized carbons (Fsp3) is 0.412. The van der Waals surface area contributed by atoms with Crippen molar-refractivity contribution < 1.29 is 9.26 Å². The molecule has 6 rings (SSSR count). The Bertz CT molecular complexity index is 908. The zero-order chi connectivity index (χ0) is 15.7. The van der Waals surface area contributed by atoms with Crippen molar-refractivity contribution in [2.24, 2.45) is 0 Å². The number of hydrogen-bond donors (Lipinski definition) is 1. The van der Waals surface area contributed by atoms with Gasteiger partial charge in [0.05, 0.1) is 16.7 Å². The van der Waals surface area contributed by atoms with Gasteiger partial charge in [0.2, 0.25) is 11.7 Å². The minimum absolute atomic E-state index is 0.00751. The fourth-order valence-corrected chi connectivity index (χ4v) is 4.36. The van der Waals surface area contributed by atoms with E-state index in [1.54, 1.807) is 0 Å². The van der Waals surface area contributed by atoms with E-state index in [0.717, 1.165) is 48.4 Å². The van der Waals surface area contributed by atoms with Crippen molar-refractivity contribution >= 4 is 22.5 Å². The Morgan fingerprint density at radius 2 is 2.13 bits per heavy atom. The fourth-order valence-electron chi connectivity index (χ4n) is 4.18. The second kappa shape index (κ2) is 4.36. The van der Waals surface area contributed by atoms with Gasteiger partial charge in [0, 0.05) is 22.5 Å². The zero-order valence-corrected chi connectivity index (χ0v) is 13.5. The predicted molar refractivity (Wildman–Crippen MR) is 86.5 cm³/mol. The average Bonchev–Trinajstić information content (AvgIpc) is 3.12. The van der Waals surface area contributed by atoms with Crippen molar-refractivity contribution in [2.75, 3.05) is 6.61 Å². The van der Waals surface area contributed by atoms with Crippen LogP contribution in [0.1, 0.15) is 32.1 Å². The molecule has 5 nitrogen and oxygen atoms in total. The molecular formula is C17H16ClN3O2. The second-order valence-electron chi connectivity index (χ2n) is 7.02. The maximum atomic E-state index is 6.04. The molecule has 1 saturated carbocycles. The van der Waals surface area contributed by atoms with Crippen LogP contribution in [0.15, 0.2) is 28.8 Å². The highest BCUT2D eigenvalue weighted by molar-refractivity contribution is 6.31. The quantitative estimate of drug-likeness (QED) is 0.769. The maximum absolute atomic E-state index is 6.04. The number of ether oxygens (including phenoxy) is 1. The number of hydrogen-bond acceptors (Lipinski definition) is 4. The molecular weight excluding hydrogens is 314 g/mol. The molecule has 2 aliphatic heterocycles. The van der Waals surface area contributed by atoms with E-state index in [9.17, 15) is 0 Å². The number of benzene rings is 1. The molecule has 0 amide bonds. The number of H-pyrrole nitrogens is 1. The van der Waals surface area contributed by atoms with Crippen molar-refractivity contribution in [3.63, 3.8) is 0 Å². The number of aromatic amines is 1. The highest BCUT2D eigenvalue weighted by atomic mass is 35.5. The average molecular weight is 330 g/mol. The van der Waals surface area contributed by atoms with Crippen LogP contribution in [0.25, 0.3) is 22.4 Å². The van der Waals surface area contributed by atoms with Crippen LogP contribution in [-0.4, -0.2) is 27.3 Å². The van der Waals surface area contributed by atoms with Gasteiger partial charge in [-0.15, -0.1) is 0 Å². The minimum Gasteiger partial charge on any atom is -0.375 e. The van der Waals surface area contributed by atoms with Crippen LogP contribution < -0.4 is 0 Å². The number of aromatic nitrogens is 3. The van der Waals surface area contributed by atoms with Gasteiger partial charge in [-0.05, 0) is 50.5 Å². The van der Waals surface area contributed by atoms with Crippen LogP contribution in [0.2, 0.25) is 5.02 Å². The largest absolute Gasteiger partial charge is 0.375 e. The summed E-state index contributed by atoms with van der Waals surface area (Å²) in [6.45, 7) is 2.92. The van der Waals surface area contributed by atoms with Gasteiger partial charge < -0.3 is 14.2 Å². The third-order valence-electron chi connectivity index (χ3n) is 5.16. The lowest BCUT2D eigenvalue weighted by molar-refractivity contribution is -0.188. The molecule has 3 aromatic rings. The molecule has 2 bridgehead atoms. The van der Waals surface area contributed by atoms with Crippen molar-refractivity contribution in [1.82, 2.24) is 15.1 Å². The molecule has 2 aromatic heterocycles. The first-order valence-corrected chi connectivity index (χ1v) is 8.20. The van der Waals surface area contributed by atoms with E-state index in [1.807, 2.05) is 24.3 Å². The monoisotopic (exact) mass is 329 g/mol. The van der Waals surface area contributed by atoms with Gasteiger partial charge in [-0.1, -0.05) is 16.8 Å². The van der Waals surface area contributed by atoms with Gasteiger partial charge in [0.15, 0.2) is 0 Å². The topological polar surface area (TPSA) is 63.9 Å². The molecule has 3 aliphatic rings. The lowest BCUT2D eigenvalue weighted by Crippen LogP contribution is -2.59. The van der Waals surface area contributed by atoms with E-state index in [1.165, 1.54) is 0 Å². The van der Waals surface area contributed by atoms with Crippen LogP contribution in [-0.2, 0) is 10.2 Å². The molecule has 6 heteroatoms. The number of nitrogens with one attached hydrogen (secondary N) is 1. The zero-order valence-electron chi connectivity index (χ0n) is 12.7. The highest BCUT2D eigenvalue weighted by Crippen LogP contribution is 2.57.